The van der Waals surface area contributed by atoms with Gasteiger partial charge in [-0.15, -0.1) is 0 Å². The maximum Gasteiger partial charge on any atom is 0.471 e. The number of carboxylic acids is 1. The molecule has 0 aromatic rings. The third kappa shape index (κ3) is 2.77. The highest BCUT2D eigenvalue weighted by Crippen LogP contribution is 2.38. The van der Waals surface area contributed by atoms with Crippen LogP contribution < -0.4 is 0 Å². The van der Waals surface area contributed by atoms with Crippen molar-refractivity contribution in [2.75, 3.05) is 13.1 Å². The molecular formula is C9H10F5NO4. The van der Waals surface area contributed by atoms with Gasteiger partial charge in [0.25, 0.3) is 0 Å². The zero-order chi connectivity index (χ0) is 15.1. The highest BCUT2D eigenvalue weighted by Gasteiger charge is 2.60. The molecule has 0 atom stereocenters. The fourth-order valence-electron chi connectivity index (χ4n) is 1.77. The summed E-state index contributed by atoms with van der Waals surface area (Å²) in [6, 6.07) is 0. The summed E-state index contributed by atoms with van der Waals surface area (Å²) < 4.78 is 62.7. The lowest BCUT2D eigenvalue weighted by molar-refractivity contribution is -0.222. The van der Waals surface area contributed by atoms with E-state index < -0.39 is 55.5 Å². The number of nitrogens with zero attached hydrogens (tertiary/aromatic N) is 1. The molecule has 19 heavy (non-hydrogen) atoms. The molecule has 1 rings (SSSR count). The summed E-state index contributed by atoms with van der Waals surface area (Å²) in [6.45, 7) is -1.59. The van der Waals surface area contributed by atoms with Crippen LogP contribution in [-0.2, 0) is 9.59 Å². The number of piperidine rings is 1. The normalized spacial score (nSPS) is 20.2. The van der Waals surface area contributed by atoms with Crippen LogP contribution in [0, 0.1) is 0 Å². The van der Waals surface area contributed by atoms with Gasteiger partial charge in [0.15, 0.2) is 0 Å². The lowest BCUT2D eigenvalue weighted by Gasteiger charge is -2.40. The Hall–Kier alpha value is -1.45. The van der Waals surface area contributed by atoms with Gasteiger partial charge < -0.3 is 15.1 Å². The fraction of sp³-hybridized carbons (Fsp3) is 0.778. The molecule has 0 aliphatic carbocycles. The standard InChI is InChI=1S/C9H10F5NO4/c10-8(11,6(17)18)7(19)1-3-15(4-2-7)5(16)9(12,13)14/h19H,1-4H2,(H,17,18). The van der Waals surface area contributed by atoms with Crippen LogP contribution in [0.5, 0.6) is 0 Å². The minimum atomic E-state index is -5.13. The second kappa shape index (κ2) is 4.58. The minimum Gasteiger partial charge on any atom is -0.477 e. The SMILES string of the molecule is O=C(N1CCC(O)(C(F)(F)C(=O)O)CC1)C(F)(F)F. The predicted octanol–water partition coefficient (Wildman–Crippen LogP) is 0.622. The van der Waals surface area contributed by atoms with Crippen molar-refractivity contribution in [2.24, 2.45) is 0 Å². The van der Waals surface area contributed by atoms with Crippen molar-refractivity contribution in [2.45, 2.75) is 30.5 Å². The van der Waals surface area contributed by atoms with E-state index in [4.69, 9.17) is 5.11 Å². The summed E-state index contributed by atoms with van der Waals surface area (Å²) in [6.07, 6.45) is -7.03. The van der Waals surface area contributed by atoms with E-state index in [0.29, 0.717) is 0 Å². The van der Waals surface area contributed by atoms with Gasteiger partial charge in [-0.3, -0.25) is 4.79 Å². The zero-order valence-electron chi connectivity index (χ0n) is 9.38. The second-order valence-electron chi connectivity index (χ2n) is 4.20. The Morgan fingerprint density at radius 2 is 1.47 bits per heavy atom. The van der Waals surface area contributed by atoms with Crippen LogP contribution in [0.3, 0.4) is 0 Å². The molecule has 110 valence electrons. The summed E-state index contributed by atoms with van der Waals surface area (Å²) in [5, 5.41) is 17.8. The summed E-state index contributed by atoms with van der Waals surface area (Å²) >= 11 is 0. The van der Waals surface area contributed by atoms with E-state index in [1.807, 2.05) is 0 Å². The average molecular weight is 291 g/mol. The van der Waals surface area contributed by atoms with Crippen LogP contribution in [0.15, 0.2) is 0 Å². The smallest absolute Gasteiger partial charge is 0.471 e. The van der Waals surface area contributed by atoms with E-state index in [1.165, 1.54) is 0 Å². The topological polar surface area (TPSA) is 77.8 Å². The number of carbonyl (C=O) groups excluding carboxylic acids is 1. The lowest BCUT2D eigenvalue weighted by atomic mass is 9.85. The molecule has 5 nitrogen and oxygen atoms in total. The van der Waals surface area contributed by atoms with Crippen molar-refractivity contribution in [1.82, 2.24) is 4.90 Å². The van der Waals surface area contributed by atoms with Gasteiger partial charge in [-0.25, -0.2) is 4.79 Å². The van der Waals surface area contributed by atoms with Gasteiger partial charge in [0.05, 0.1) is 0 Å². The number of likely N-dealkylation sites (tertiary alicyclic amines) is 1. The molecule has 0 aromatic heterocycles. The Bertz CT molecular complexity index is 387. The van der Waals surface area contributed by atoms with E-state index in [1.54, 1.807) is 0 Å². The van der Waals surface area contributed by atoms with Gasteiger partial charge in [0.1, 0.15) is 5.60 Å². The molecular weight excluding hydrogens is 281 g/mol. The van der Waals surface area contributed by atoms with Crippen LogP contribution in [0.1, 0.15) is 12.8 Å². The molecule has 1 amide bonds. The molecule has 0 radical (unpaired) electrons. The summed E-state index contributed by atoms with van der Waals surface area (Å²) in [4.78, 5) is 21.4. The number of aliphatic hydroxyl groups is 1. The van der Waals surface area contributed by atoms with Gasteiger partial charge in [-0.1, -0.05) is 0 Å². The molecule has 0 spiro atoms. The van der Waals surface area contributed by atoms with Gasteiger partial charge in [0, 0.05) is 25.9 Å². The second-order valence-corrected chi connectivity index (χ2v) is 4.20. The lowest BCUT2D eigenvalue weighted by Crippen LogP contribution is -2.60. The highest BCUT2D eigenvalue weighted by atomic mass is 19.4. The number of aliphatic carboxylic acids is 1. The molecule has 1 fully saturated rings. The van der Waals surface area contributed by atoms with E-state index in [-0.39, 0.29) is 4.90 Å². The van der Waals surface area contributed by atoms with Crippen molar-refractivity contribution in [3.05, 3.63) is 0 Å². The number of carboxylic acid groups (broad SMARTS) is 1. The summed E-state index contributed by atoms with van der Waals surface area (Å²) in [7, 11) is 0. The third-order valence-corrected chi connectivity index (χ3v) is 2.97. The van der Waals surface area contributed by atoms with Gasteiger partial charge >= 0.3 is 24.0 Å². The largest absolute Gasteiger partial charge is 0.477 e. The number of hydrogen-bond acceptors (Lipinski definition) is 3. The first-order valence-corrected chi connectivity index (χ1v) is 5.11. The Morgan fingerprint density at radius 3 is 1.79 bits per heavy atom. The molecule has 10 heteroatoms. The first-order chi connectivity index (χ1) is 8.42. The van der Waals surface area contributed by atoms with Crippen molar-refractivity contribution >= 4 is 11.9 Å². The van der Waals surface area contributed by atoms with E-state index in [9.17, 15) is 36.6 Å². The molecule has 1 aliphatic heterocycles. The molecule has 1 aliphatic rings. The fourth-order valence-corrected chi connectivity index (χ4v) is 1.77. The molecule has 0 unspecified atom stereocenters. The third-order valence-electron chi connectivity index (χ3n) is 2.97. The van der Waals surface area contributed by atoms with Crippen molar-refractivity contribution in [3.63, 3.8) is 0 Å². The quantitative estimate of drug-likeness (QED) is 0.731. The van der Waals surface area contributed by atoms with Gasteiger partial charge in [-0.2, -0.15) is 22.0 Å². The molecule has 1 saturated heterocycles. The van der Waals surface area contributed by atoms with Crippen LogP contribution >= 0.6 is 0 Å². The predicted molar refractivity (Wildman–Crippen MR) is 49.4 cm³/mol. The molecule has 0 bridgehead atoms. The summed E-state index contributed by atoms with van der Waals surface area (Å²) in [5.41, 5.74) is -2.96. The molecule has 2 N–H and O–H groups in total. The highest BCUT2D eigenvalue weighted by molar-refractivity contribution is 5.82. The minimum absolute atomic E-state index is 0.256. The first kappa shape index (κ1) is 15.6. The van der Waals surface area contributed by atoms with E-state index >= 15 is 0 Å². The molecule has 1 heterocycles. The maximum absolute atomic E-state index is 13.2. The Morgan fingerprint density at radius 1 is 1.05 bits per heavy atom. The van der Waals surface area contributed by atoms with E-state index in [2.05, 4.69) is 0 Å². The van der Waals surface area contributed by atoms with Crippen molar-refractivity contribution in [1.29, 1.82) is 0 Å². The number of rotatable bonds is 2. The number of hydrogen-bond donors (Lipinski definition) is 2. The monoisotopic (exact) mass is 291 g/mol. The molecule has 0 saturated carbocycles. The maximum atomic E-state index is 13.2. The van der Waals surface area contributed by atoms with Gasteiger partial charge in [-0.05, 0) is 0 Å². The zero-order valence-corrected chi connectivity index (χ0v) is 9.38. The van der Waals surface area contributed by atoms with Crippen molar-refractivity contribution < 1.29 is 41.8 Å². The number of halogens is 5. The van der Waals surface area contributed by atoms with Crippen molar-refractivity contribution in [3.8, 4) is 0 Å². The van der Waals surface area contributed by atoms with Crippen LogP contribution in [0.2, 0.25) is 0 Å². The number of amides is 1. The summed E-state index contributed by atoms with van der Waals surface area (Å²) in [5.74, 6) is -9.25. The first-order valence-electron chi connectivity index (χ1n) is 5.11. The number of alkyl halides is 5. The van der Waals surface area contributed by atoms with Crippen LogP contribution in [0.25, 0.3) is 0 Å². The Kier molecular flexibility index (Phi) is 3.76. The Balaban J connectivity index is 2.78. The van der Waals surface area contributed by atoms with Crippen LogP contribution in [0.4, 0.5) is 22.0 Å². The molecule has 0 aromatic carbocycles. The van der Waals surface area contributed by atoms with E-state index in [0.717, 1.165) is 0 Å². The average Bonchev–Trinajstić information content (AvgIpc) is 2.27. The van der Waals surface area contributed by atoms with Crippen LogP contribution in [-0.4, -0.2) is 57.8 Å². The van der Waals surface area contributed by atoms with Gasteiger partial charge in [0.2, 0.25) is 0 Å². The number of carbonyl (C=O) groups is 2. The Labute approximate surface area is 103 Å².